The van der Waals surface area contributed by atoms with E-state index in [0.29, 0.717) is 29.6 Å². The van der Waals surface area contributed by atoms with Crippen LogP contribution in [0.15, 0.2) is 48.5 Å². The van der Waals surface area contributed by atoms with Gasteiger partial charge in [0.15, 0.2) is 0 Å². The van der Waals surface area contributed by atoms with Crippen molar-refractivity contribution < 1.29 is 19.4 Å². The van der Waals surface area contributed by atoms with E-state index in [4.69, 9.17) is 21.1 Å². The first-order valence-corrected chi connectivity index (χ1v) is 9.11. The molecule has 26 heavy (non-hydrogen) atoms. The minimum Gasteiger partial charge on any atom is -0.490 e. The van der Waals surface area contributed by atoms with E-state index >= 15 is 0 Å². The number of nitrogens with zero attached hydrogens (tertiary/aromatic N) is 1. The number of hydrogen-bond acceptors (Lipinski definition) is 3. The first-order chi connectivity index (χ1) is 12.6. The van der Waals surface area contributed by atoms with Gasteiger partial charge < -0.3 is 19.5 Å². The van der Waals surface area contributed by atoms with Crippen LogP contribution in [-0.4, -0.2) is 35.8 Å². The number of carboxylic acid groups (broad SMARTS) is 1. The zero-order valence-electron chi connectivity index (χ0n) is 14.9. The van der Waals surface area contributed by atoms with Gasteiger partial charge in [0, 0.05) is 12.6 Å². The van der Waals surface area contributed by atoms with Crippen molar-refractivity contribution in [2.24, 2.45) is 0 Å². The number of amides is 1. The highest BCUT2D eigenvalue weighted by Gasteiger charge is 2.12. The molecule has 0 saturated heterocycles. The van der Waals surface area contributed by atoms with Gasteiger partial charge in [0.2, 0.25) is 0 Å². The molecular weight excluding hydrogens is 354 g/mol. The van der Waals surface area contributed by atoms with Crippen molar-refractivity contribution >= 4 is 17.7 Å². The predicted molar refractivity (Wildman–Crippen MR) is 103 cm³/mol. The Labute approximate surface area is 159 Å². The number of carbonyl (C=O) groups is 1. The first kappa shape index (κ1) is 19.9. The zero-order valence-corrected chi connectivity index (χ0v) is 15.6. The van der Waals surface area contributed by atoms with E-state index in [9.17, 15) is 9.90 Å². The molecule has 2 aromatic rings. The molecule has 2 rings (SSSR count). The summed E-state index contributed by atoms with van der Waals surface area (Å²) in [5, 5.41) is 9.65. The van der Waals surface area contributed by atoms with E-state index in [2.05, 4.69) is 6.92 Å². The van der Waals surface area contributed by atoms with Gasteiger partial charge in [-0.05, 0) is 30.7 Å². The summed E-state index contributed by atoms with van der Waals surface area (Å²) in [6.45, 7) is 3.15. The summed E-state index contributed by atoms with van der Waals surface area (Å²) < 4.78 is 11.4. The Morgan fingerprint density at radius 1 is 1.08 bits per heavy atom. The lowest BCUT2D eigenvalue weighted by atomic mass is 10.2. The molecule has 0 saturated carbocycles. The molecular formula is C20H24ClNO4. The van der Waals surface area contributed by atoms with Crippen molar-refractivity contribution in [1.82, 2.24) is 4.90 Å². The van der Waals surface area contributed by atoms with Crippen molar-refractivity contribution in [3.05, 3.63) is 53.6 Å². The van der Waals surface area contributed by atoms with Crippen LogP contribution < -0.4 is 9.47 Å². The molecule has 0 spiro atoms. The standard InChI is InChI=1S/C20H24ClNO4/c1-2-3-7-12-22(20(23)24)13-14-25-19-11-10-17(15-18(19)21)26-16-8-5-4-6-9-16/h4-6,8-11,15H,2-3,7,12-14H2,1H3,(H,23,24). The fourth-order valence-electron chi connectivity index (χ4n) is 2.41. The van der Waals surface area contributed by atoms with E-state index in [1.807, 2.05) is 30.3 Å². The smallest absolute Gasteiger partial charge is 0.407 e. The third-order valence-corrected chi connectivity index (χ3v) is 4.10. The number of para-hydroxylation sites is 1. The molecule has 0 aliphatic rings. The number of ether oxygens (including phenoxy) is 2. The van der Waals surface area contributed by atoms with E-state index in [1.54, 1.807) is 18.2 Å². The van der Waals surface area contributed by atoms with Crippen LogP contribution in [-0.2, 0) is 0 Å². The number of unbranched alkanes of at least 4 members (excludes halogenated alkanes) is 2. The molecule has 5 nitrogen and oxygen atoms in total. The van der Waals surface area contributed by atoms with Crippen molar-refractivity contribution in [3.63, 3.8) is 0 Å². The molecule has 0 atom stereocenters. The number of rotatable bonds is 10. The summed E-state index contributed by atoms with van der Waals surface area (Å²) in [6, 6.07) is 14.6. The van der Waals surface area contributed by atoms with Gasteiger partial charge in [-0.25, -0.2) is 4.79 Å². The Hall–Kier alpha value is -2.40. The Kier molecular flexibility index (Phi) is 8.09. The van der Waals surface area contributed by atoms with Crippen LogP contribution >= 0.6 is 11.6 Å². The first-order valence-electron chi connectivity index (χ1n) is 8.73. The minimum absolute atomic E-state index is 0.247. The highest BCUT2D eigenvalue weighted by Crippen LogP contribution is 2.31. The second-order valence-corrected chi connectivity index (χ2v) is 6.24. The van der Waals surface area contributed by atoms with Gasteiger partial charge in [-0.15, -0.1) is 0 Å². The Balaban J connectivity index is 1.86. The van der Waals surface area contributed by atoms with Gasteiger partial charge in [0.05, 0.1) is 11.6 Å². The minimum atomic E-state index is -0.928. The topological polar surface area (TPSA) is 59.0 Å². The van der Waals surface area contributed by atoms with Crippen LogP contribution in [0.3, 0.4) is 0 Å². The monoisotopic (exact) mass is 377 g/mol. The van der Waals surface area contributed by atoms with E-state index in [1.165, 1.54) is 4.90 Å². The lowest BCUT2D eigenvalue weighted by molar-refractivity contribution is 0.134. The largest absolute Gasteiger partial charge is 0.490 e. The lowest BCUT2D eigenvalue weighted by Crippen LogP contribution is -2.34. The number of hydrogen-bond donors (Lipinski definition) is 1. The highest BCUT2D eigenvalue weighted by atomic mass is 35.5. The normalized spacial score (nSPS) is 10.4. The van der Waals surface area contributed by atoms with Gasteiger partial charge in [0.25, 0.3) is 0 Å². The van der Waals surface area contributed by atoms with Crippen molar-refractivity contribution in [3.8, 4) is 17.2 Å². The highest BCUT2D eigenvalue weighted by molar-refractivity contribution is 6.32. The molecule has 0 radical (unpaired) electrons. The summed E-state index contributed by atoms with van der Waals surface area (Å²) in [7, 11) is 0. The molecule has 0 aromatic heterocycles. The number of halogens is 1. The molecule has 6 heteroatoms. The lowest BCUT2D eigenvalue weighted by Gasteiger charge is -2.19. The van der Waals surface area contributed by atoms with Crippen LogP contribution in [0.5, 0.6) is 17.2 Å². The Morgan fingerprint density at radius 3 is 2.50 bits per heavy atom. The molecule has 0 unspecified atom stereocenters. The quantitative estimate of drug-likeness (QED) is 0.541. The summed E-state index contributed by atoms with van der Waals surface area (Å²) in [6.07, 6.45) is 1.99. The fourth-order valence-corrected chi connectivity index (χ4v) is 2.63. The van der Waals surface area contributed by atoms with Gasteiger partial charge in [-0.2, -0.15) is 0 Å². The predicted octanol–water partition coefficient (Wildman–Crippen LogP) is 5.68. The average molecular weight is 378 g/mol. The van der Waals surface area contributed by atoms with Gasteiger partial charge in [0.1, 0.15) is 23.9 Å². The van der Waals surface area contributed by atoms with Gasteiger partial charge >= 0.3 is 6.09 Å². The zero-order chi connectivity index (χ0) is 18.8. The van der Waals surface area contributed by atoms with Crippen molar-refractivity contribution in [2.45, 2.75) is 26.2 Å². The molecule has 0 aliphatic heterocycles. The summed E-state index contributed by atoms with van der Waals surface area (Å²) >= 11 is 6.24. The SMILES string of the molecule is CCCCCN(CCOc1ccc(Oc2ccccc2)cc1Cl)C(=O)O. The molecule has 1 amide bonds. The van der Waals surface area contributed by atoms with Crippen LogP contribution in [0.1, 0.15) is 26.2 Å². The summed E-state index contributed by atoms with van der Waals surface area (Å²) in [5.41, 5.74) is 0. The fraction of sp³-hybridized carbons (Fsp3) is 0.350. The van der Waals surface area contributed by atoms with E-state index in [-0.39, 0.29) is 6.61 Å². The molecule has 0 aliphatic carbocycles. The molecule has 0 fully saturated rings. The van der Waals surface area contributed by atoms with Crippen molar-refractivity contribution in [1.29, 1.82) is 0 Å². The maximum absolute atomic E-state index is 11.2. The number of benzene rings is 2. The molecule has 1 N–H and O–H groups in total. The molecule has 0 heterocycles. The van der Waals surface area contributed by atoms with E-state index < -0.39 is 6.09 Å². The second-order valence-electron chi connectivity index (χ2n) is 5.83. The maximum atomic E-state index is 11.2. The average Bonchev–Trinajstić information content (AvgIpc) is 2.63. The molecule has 0 bridgehead atoms. The van der Waals surface area contributed by atoms with Gasteiger partial charge in [-0.1, -0.05) is 49.6 Å². The van der Waals surface area contributed by atoms with Crippen LogP contribution in [0.25, 0.3) is 0 Å². The van der Waals surface area contributed by atoms with Crippen LogP contribution in [0.2, 0.25) is 5.02 Å². The van der Waals surface area contributed by atoms with Crippen molar-refractivity contribution in [2.75, 3.05) is 19.7 Å². The third kappa shape index (κ3) is 6.48. The summed E-state index contributed by atoms with van der Waals surface area (Å²) in [5.74, 6) is 1.84. The molecule has 140 valence electrons. The summed E-state index contributed by atoms with van der Waals surface area (Å²) in [4.78, 5) is 12.6. The van der Waals surface area contributed by atoms with Crippen LogP contribution in [0.4, 0.5) is 4.79 Å². The van der Waals surface area contributed by atoms with Gasteiger partial charge in [-0.3, -0.25) is 0 Å². The maximum Gasteiger partial charge on any atom is 0.407 e. The molecule has 2 aromatic carbocycles. The Morgan fingerprint density at radius 2 is 1.85 bits per heavy atom. The van der Waals surface area contributed by atoms with Crippen LogP contribution in [0, 0.1) is 0 Å². The second kappa shape index (κ2) is 10.6. The third-order valence-electron chi connectivity index (χ3n) is 3.80. The Bertz CT molecular complexity index is 693. The van der Waals surface area contributed by atoms with E-state index in [0.717, 1.165) is 25.0 Å².